The van der Waals surface area contributed by atoms with Crippen LogP contribution in [0.25, 0.3) is 0 Å². The molecule has 0 fully saturated rings. The van der Waals surface area contributed by atoms with Crippen LogP contribution in [0.3, 0.4) is 0 Å². The second-order valence-electron chi connectivity index (χ2n) is 7.75. The number of hydrogen-bond acceptors (Lipinski definition) is 5. The summed E-state index contributed by atoms with van der Waals surface area (Å²) in [6, 6.07) is 18.9. The van der Waals surface area contributed by atoms with E-state index < -0.39 is 0 Å². The highest BCUT2D eigenvalue weighted by molar-refractivity contribution is 6.05. The molecule has 0 aliphatic rings. The van der Waals surface area contributed by atoms with Crippen LogP contribution in [0, 0.1) is 12.7 Å². The minimum absolute atomic E-state index is 0.248. The van der Waals surface area contributed by atoms with Gasteiger partial charge in [0.05, 0.1) is 6.61 Å². The molecule has 0 heterocycles. The number of amides is 1. The van der Waals surface area contributed by atoms with Gasteiger partial charge in [-0.1, -0.05) is 12.1 Å². The Morgan fingerprint density at radius 3 is 2.34 bits per heavy atom. The van der Waals surface area contributed by atoms with Crippen LogP contribution in [0.15, 0.2) is 88.7 Å². The maximum atomic E-state index is 13.5. The zero-order valence-electron chi connectivity index (χ0n) is 20.4. The van der Waals surface area contributed by atoms with Gasteiger partial charge in [0.1, 0.15) is 5.82 Å². The third kappa shape index (κ3) is 6.20. The molecule has 0 aliphatic carbocycles. The molecule has 0 aromatic heterocycles. The molecule has 6 nitrogen and oxygen atoms in total. The third-order valence-electron chi connectivity index (χ3n) is 5.40. The number of aryl methyl sites for hydroxylation is 1. The average molecular weight is 473 g/mol. The molecule has 0 atom stereocenters. The molecule has 0 spiro atoms. The number of allylic oxidation sites excluding steroid dienone is 2. The van der Waals surface area contributed by atoms with Gasteiger partial charge in [0, 0.05) is 40.6 Å². The van der Waals surface area contributed by atoms with Crippen molar-refractivity contribution in [1.29, 1.82) is 0 Å². The number of ether oxygens (including phenoxy) is 1. The molecule has 3 aromatic carbocycles. The summed E-state index contributed by atoms with van der Waals surface area (Å²) in [6.07, 6.45) is 1.97. The van der Waals surface area contributed by atoms with Gasteiger partial charge in [-0.25, -0.2) is 4.39 Å². The number of benzene rings is 3. The van der Waals surface area contributed by atoms with Crippen LogP contribution < -0.4 is 10.2 Å². The molecule has 0 bridgehead atoms. The summed E-state index contributed by atoms with van der Waals surface area (Å²) in [5.74, 6) is -0.186. The molecular weight excluding hydrogens is 443 g/mol. The molecule has 3 rings (SSSR count). The smallest absolute Gasteiger partial charge is 0.255 e. The lowest BCUT2D eigenvalue weighted by atomic mass is 10.1. The van der Waals surface area contributed by atoms with E-state index in [1.165, 1.54) is 12.1 Å². The Labute approximate surface area is 205 Å². The van der Waals surface area contributed by atoms with Gasteiger partial charge < -0.3 is 15.0 Å². The van der Waals surface area contributed by atoms with Gasteiger partial charge in [-0.2, -0.15) is 5.10 Å². The first-order chi connectivity index (χ1) is 16.9. The highest BCUT2D eigenvalue weighted by Crippen LogP contribution is 2.33. The van der Waals surface area contributed by atoms with Gasteiger partial charge in [-0.15, -0.1) is 5.10 Å². The lowest BCUT2D eigenvalue weighted by Gasteiger charge is -2.28. The summed E-state index contributed by atoms with van der Waals surface area (Å²) < 4.78 is 19.0. The largest absolute Gasteiger partial charge is 0.476 e. The van der Waals surface area contributed by atoms with E-state index in [0.29, 0.717) is 23.8 Å². The van der Waals surface area contributed by atoms with Crippen LogP contribution in [0.1, 0.15) is 42.3 Å². The lowest BCUT2D eigenvalue weighted by molar-refractivity contribution is 0.102. The first-order valence-electron chi connectivity index (χ1n) is 11.3. The molecule has 35 heavy (non-hydrogen) atoms. The summed E-state index contributed by atoms with van der Waals surface area (Å²) in [7, 11) is 0. The van der Waals surface area contributed by atoms with Gasteiger partial charge >= 0.3 is 0 Å². The number of carbonyl (C=O) groups is 1. The zero-order valence-corrected chi connectivity index (χ0v) is 20.4. The van der Waals surface area contributed by atoms with E-state index in [2.05, 4.69) is 22.2 Å². The number of nitrogens with zero attached hydrogens (tertiary/aromatic N) is 3. The number of hydrogen-bond donors (Lipinski definition) is 1. The quantitative estimate of drug-likeness (QED) is 0.222. The van der Waals surface area contributed by atoms with E-state index in [0.717, 1.165) is 28.2 Å². The Morgan fingerprint density at radius 2 is 1.74 bits per heavy atom. The van der Waals surface area contributed by atoms with Gasteiger partial charge in [0.2, 0.25) is 5.90 Å². The van der Waals surface area contributed by atoms with Gasteiger partial charge in [0.15, 0.2) is 0 Å². The summed E-state index contributed by atoms with van der Waals surface area (Å²) >= 11 is 0. The molecule has 0 aliphatic heterocycles. The zero-order chi connectivity index (χ0) is 25.4. The predicted molar refractivity (Wildman–Crippen MR) is 141 cm³/mol. The van der Waals surface area contributed by atoms with Crippen molar-refractivity contribution in [3.63, 3.8) is 0 Å². The van der Waals surface area contributed by atoms with Crippen LogP contribution in [0.4, 0.5) is 21.5 Å². The fourth-order valence-corrected chi connectivity index (χ4v) is 3.51. The molecule has 7 heteroatoms. The minimum Gasteiger partial charge on any atom is -0.476 e. The maximum Gasteiger partial charge on any atom is 0.255 e. The molecular formula is C28H29FN4O2. The standard InChI is InChI=1S/C28H29FN4O2/c1-6-20(4)33(25-16-12-23(29)13-17-25)26-18-22(9-8-19(26)3)27(34)31-24-14-10-21(11-15-24)28(32-30-5)35-7-2/h6,8-18H,5,7H2,1-4H3,(H,31,34)/b20-6-,32-28-. The molecule has 1 amide bonds. The topological polar surface area (TPSA) is 66.3 Å². The highest BCUT2D eigenvalue weighted by Gasteiger charge is 2.17. The van der Waals surface area contributed by atoms with Crippen molar-refractivity contribution in [1.82, 2.24) is 0 Å². The van der Waals surface area contributed by atoms with Gasteiger partial charge in [0.25, 0.3) is 5.91 Å². The Hall–Kier alpha value is -4.26. The van der Waals surface area contributed by atoms with Crippen molar-refractivity contribution in [2.45, 2.75) is 27.7 Å². The number of rotatable bonds is 8. The average Bonchev–Trinajstić information content (AvgIpc) is 2.86. The second-order valence-corrected chi connectivity index (χ2v) is 7.75. The van der Waals surface area contributed by atoms with Crippen LogP contribution in [-0.2, 0) is 4.74 Å². The first kappa shape index (κ1) is 25.4. The maximum absolute atomic E-state index is 13.5. The van der Waals surface area contributed by atoms with Gasteiger partial charge in [-0.05, 0) is 93.9 Å². The van der Waals surface area contributed by atoms with Crippen molar-refractivity contribution in [3.8, 4) is 0 Å². The monoisotopic (exact) mass is 472 g/mol. The fourth-order valence-electron chi connectivity index (χ4n) is 3.51. The van der Waals surface area contributed by atoms with Crippen LogP contribution in [-0.4, -0.2) is 25.1 Å². The molecule has 0 radical (unpaired) electrons. The number of nitrogens with one attached hydrogen (secondary N) is 1. The van der Waals surface area contributed by atoms with E-state index in [1.807, 2.05) is 50.8 Å². The van der Waals surface area contributed by atoms with Crippen LogP contribution in [0.2, 0.25) is 0 Å². The molecule has 1 N–H and O–H groups in total. The van der Waals surface area contributed by atoms with E-state index in [1.54, 1.807) is 42.5 Å². The van der Waals surface area contributed by atoms with E-state index >= 15 is 0 Å². The number of anilines is 3. The SMILES string of the molecule is C=N/N=C(\OCC)c1ccc(NC(=O)c2ccc(C)c(N(/C(C)=C\C)c3ccc(F)cc3)c2)cc1. The summed E-state index contributed by atoms with van der Waals surface area (Å²) in [6.45, 7) is 11.6. The van der Waals surface area contributed by atoms with Crippen molar-refractivity contribution in [2.24, 2.45) is 10.2 Å². The van der Waals surface area contributed by atoms with E-state index in [4.69, 9.17) is 4.74 Å². The summed E-state index contributed by atoms with van der Waals surface area (Å²) in [5, 5.41) is 10.4. The van der Waals surface area contributed by atoms with Gasteiger partial charge in [-0.3, -0.25) is 4.79 Å². The molecule has 3 aromatic rings. The molecule has 0 saturated heterocycles. The minimum atomic E-state index is -0.303. The van der Waals surface area contributed by atoms with Crippen molar-refractivity contribution < 1.29 is 13.9 Å². The van der Waals surface area contributed by atoms with E-state index in [-0.39, 0.29) is 11.7 Å². The van der Waals surface area contributed by atoms with Crippen molar-refractivity contribution in [3.05, 3.63) is 101 Å². The Kier molecular flexibility index (Phi) is 8.51. The highest BCUT2D eigenvalue weighted by atomic mass is 19.1. The van der Waals surface area contributed by atoms with Crippen molar-refractivity contribution >= 4 is 35.6 Å². The second kappa shape index (κ2) is 11.7. The normalized spacial score (nSPS) is 11.7. The number of carbonyl (C=O) groups excluding carboxylic acids is 1. The van der Waals surface area contributed by atoms with Crippen LogP contribution in [0.5, 0.6) is 0 Å². The first-order valence-corrected chi connectivity index (χ1v) is 11.3. The Morgan fingerprint density at radius 1 is 1.09 bits per heavy atom. The lowest BCUT2D eigenvalue weighted by Crippen LogP contribution is -2.18. The number of halogens is 1. The molecule has 0 unspecified atom stereocenters. The van der Waals surface area contributed by atoms with Crippen LogP contribution >= 0.6 is 0 Å². The predicted octanol–water partition coefficient (Wildman–Crippen LogP) is 6.85. The fraction of sp³-hybridized carbons (Fsp3) is 0.179. The Bertz CT molecular complexity index is 1250. The summed E-state index contributed by atoms with van der Waals surface area (Å²) in [5.41, 5.74) is 5.43. The van der Waals surface area contributed by atoms with Crippen molar-refractivity contribution in [2.75, 3.05) is 16.8 Å². The summed E-state index contributed by atoms with van der Waals surface area (Å²) in [4.78, 5) is 15.1. The van der Waals surface area contributed by atoms with E-state index in [9.17, 15) is 9.18 Å². The molecule has 180 valence electrons. The third-order valence-corrected chi connectivity index (χ3v) is 5.40. The Balaban J connectivity index is 1.88. The molecule has 0 saturated carbocycles.